The maximum Gasteiger partial charge on any atom is 0.268 e. The standard InChI is InChI=1S/C35H42FN5O3S/c1-38(2)13-14-39(3)26-10-9-25(37-19-26)16-22-15-23(20-40(4)34(22)43)29-17-24(36)18-31(30(29)21-42)41-12-11-28-27-7-5-6-8-32(27)45-33(28)35(41)44/h9-10,17-20,22,42H,5-8,11-16,21H2,1-4H3. The van der Waals surface area contributed by atoms with Crippen molar-refractivity contribution in [1.82, 2.24) is 14.8 Å². The molecule has 2 aromatic heterocycles. The molecule has 1 N–H and O–H groups in total. The third-order valence-electron chi connectivity index (χ3n) is 9.39. The molecule has 3 aromatic rings. The molecule has 10 heteroatoms. The topological polar surface area (TPSA) is 80.2 Å². The number of nitrogens with zero attached hydrogens (tertiary/aromatic N) is 5. The molecule has 6 rings (SSSR count). The molecule has 1 atom stereocenters. The molecule has 0 fully saturated rings. The van der Waals surface area contributed by atoms with Gasteiger partial charge >= 0.3 is 0 Å². The van der Waals surface area contributed by atoms with Gasteiger partial charge in [0.15, 0.2) is 0 Å². The van der Waals surface area contributed by atoms with Crippen molar-refractivity contribution in [1.29, 1.82) is 0 Å². The molecule has 1 unspecified atom stereocenters. The van der Waals surface area contributed by atoms with Crippen molar-refractivity contribution in [3.05, 3.63) is 80.2 Å². The number of amides is 2. The first-order valence-corrected chi connectivity index (χ1v) is 16.6. The summed E-state index contributed by atoms with van der Waals surface area (Å²) >= 11 is 1.59. The number of aliphatic hydroxyl groups excluding tert-OH is 1. The Morgan fingerprint density at radius 1 is 1.07 bits per heavy atom. The van der Waals surface area contributed by atoms with Gasteiger partial charge in [0, 0.05) is 68.4 Å². The smallest absolute Gasteiger partial charge is 0.268 e. The van der Waals surface area contributed by atoms with Gasteiger partial charge in [-0.25, -0.2) is 4.39 Å². The highest BCUT2D eigenvalue weighted by Crippen LogP contribution is 2.41. The first-order valence-electron chi connectivity index (χ1n) is 15.8. The Morgan fingerprint density at radius 2 is 1.87 bits per heavy atom. The summed E-state index contributed by atoms with van der Waals surface area (Å²) < 4.78 is 15.3. The van der Waals surface area contributed by atoms with Crippen molar-refractivity contribution in [2.75, 3.05) is 57.6 Å². The lowest BCUT2D eigenvalue weighted by atomic mass is 9.85. The van der Waals surface area contributed by atoms with Crippen molar-refractivity contribution in [3.63, 3.8) is 0 Å². The molecule has 0 bridgehead atoms. The van der Waals surface area contributed by atoms with E-state index in [1.54, 1.807) is 34.4 Å². The minimum Gasteiger partial charge on any atom is -0.392 e. The predicted molar refractivity (Wildman–Crippen MR) is 177 cm³/mol. The number of benzene rings is 1. The van der Waals surface area contributed by atoms with Crippen LogP contribution in [-0.4, -0.2) is 79.5 Å². The van der Waals surface area contributed by atoms with Crippen LogP contribution in [0.25, 0.3) is 5.57 Å². The molecule has 0 saturated heterocycles. The van der Waals surface area contributed by atoms with Crippen LogP contribution in [0.5, 0.6) is 0 Å². The summed E-state index contributed by atoms with van der Waals surface area (Å²) in [6, 6.07) is 6.77. The van der Waals surface area contributed by atoms with Gasteiger partial charge in [-0.3, -0.25) is 14.6 Å². The van der Waals surface area contributed by atoms with E-state index in [1.807, 2.05) is 39.5 Å². The van der Waals surface area contributed by atoms with Crippen molar-refractivity contribution < 1.29 is 19.1 Å². The number of halogens is 1. The van der Waals surface area contributed by atoms with Crippen LogP contribution in [0, 0.1) is 11.7 Å². The molecular formula is C35H42FN5O3S. The summed E-state index contributed by atoms with van der Waals surface area (Å²) in [5, 5.41) is 10.6. The normalized spacial score (nSPS) is 18.3. The highest BCUT2D eigenvalue weighted by molar-refractivity contribution is 7.14. The van der Waals surface area contributed by atoms with E-state index in [0.717, 1.165) is 72.6 Å². The van der Waals surface area contributed by atoms with Gasteiger partial charge in [-0.2, -0.15) is 0 Å². The summed E-state index contributed by atoms with van der Waals surface area (Å²) in [5.41, 5.74) is 6.53. The zero-order valence-corrected chi connectivity index (χ0v) is 27.4. The Hall–Kier alpha value is -3.60. The Labute approximate surface area is 268 Å². The van der Waals surface area contributed by atoms with E-state index in [2.05, 4.69) is 14.8 Å². The number of allylic oxidation sites excluding steroid dienone is 1. The van der Waals surface area contributed by atoms with E-state index in [4.69, 9.17) is 0 Å². The molecule has 0 saturated carbocycles. The van der Waals surface area contributed by atoms with Crippen LogP contribution < -0.4 is 9.80 Å². The molecule has 8 nitrogen and oxygen atoms in total. The minimum absolute atomic E-state index is 0.0321. The highest BCUT2D eigenvalue weighted by Gasteiger charge is 2.35. The molecule has 2 amide bonds. The number of rotatable bonds is 9. The Kier molecular flexibility index (Phi) is 9.08. The number of likely N-dealkylation sites (N-methyl/N-ethyl adjacent to an activating group) is 2. The molecule has 4 heterocycles. The number of pyridine rings is 1. The van der Waals surface area contributed by atoms with Crippen molar-refractivity contribution in [2.45, 2.75) is 51.6 Å². The molecule has 0 spiro atoms. The average molecular weight is 632 g/mol. The Morgan fingerprint density at radius 3 is 2.60 bits per heavy atom. The summed E-state index contributed by atoms with van der Waals surface area (Å²) in [5.74, 6) is -1.02. The first-order chi connectivity index (χ1) is 21.6. The van der Waals surface area contributed by atoms with Gasteiger partial charge in [0.05, 0.1) is 29.1 Å². The fourth-order valence-electron chi connectivity index (χ4n) is 6.89. The van der Waals surface area contributed by atoms with Crippen LogP contribution in [0.2, 0.25) is 0 Å². The SMILES string of the molecule is CN(C)CCN(C)c1ccc(CC2CC(c3cc(F)cc(N4CCc5c(sc6c5CCCC6)C4=O)c3CO)=CN(C)C2=O)nc1. The van der Waals surface area contributed by atoms with Crippen LogP contribution in [0.15, 0.2) is 36.7 Å². The van der Waals surface area contributed by atoms with Crippen LogP contribution >= 0.6 is 11.3 Å². The van der Waals surface area contributed by atoms with Gasteiger partial charge in [-0.05, 0) is 99.1 Å². The lowest BCUT2D eigenvalue weighted by molar-refractivity contribution is -0.132. The lowest BCUT2D eigenvalue weighted by Crippen LogP contribution is -2.38. The van der Waals surface area contributed by atoms with E-state index < -0.39 is 11.7 Å². The quantitative estimate of drug-likeness (QED) is 0.362. The average Bonchev–Trinajstić information content (AvgIpc) is 3.42. The molecule has 2 aliphatic heterocycles. The minimum atomic E-state index is -0.478. The van der Waals surface area contributed by atoms with Gasteiger partial charge in [0.1, 0.15) is 5.82 Å². The maximum absolute atomic E-state index is 15.3. The van der Waals surface area contributed by atoms with E-state index in [1.165, 1.54) is 22.6 Å². The summed E-state index contributed by atoms with van der Waals surface area (Å²) in [7, 11) is 7.83. The van der Waals surface area contributed by atoms with Gasteiger partial charge < -0.3 is 24.7 Å². The number of carbonyl (C=O) groups excluding carboxylic acids is 2. The second-order valence-corrected chi connectivity index (χ2v) is 13.9. The number of anilines is 2. The second kappa shape index (κ2) is 13.0. The molecule has 3 aliphatic rings. The summed E-state index contributed by atoms with van der Waals surface area (Å²) in [4.78, 5) is 41.3. The summed E-state index contributed by atoms with van der Waals surface area (Å²) in [6.07, 6.45) is 9.45. The Bertz CT molecular complexity index is 1630. The van der Waals surface area contributed by atoms with Crippen molar-refractivity contribution in [3.8, 4) is 0 Å². The number of aromatic nitrogens is 1. The van der Waals surface area contributed by atoms with Crippen LogP contribution in [-0.2, 0) is 37.1 Å². The molecular weight excluding hydrogens is 589 g/mol. The number of hydrogen-bond acceptors (Lipinski definition) is 7. The molecule has 1 aliphatic carbocycles. The number of carbonyl (C=O) groups is 2. The molecule has 0 radical (unpaired) electrons. The maximum atomic E-state index is 15.3. The van der Waals surface area contributed by atoms with Crippen molar-refractivity contribution in [2.24, 2.45) is 5.92 Å². The number of aryl methyl sites for hydroxylation is 1. The van der Waals surface area contributed by atoms with E-state index in [9.17, 15) is 14.7 Å². The number of fused-ring (bicyclic) bond motifs is 3. The zero-order valence-electron chi connectivity index (χ0n) is 26.6. The Balaban J connectivity index is 1.25. The summed E-state index contributed by atoms with van der Waals surface area (Å²) in [6.45, 7) is 1.89. The van der Waals surface area contributed by atoms with E-state index in [-0.39, 0.29) is 18.4 Å². The largest absolute Gasteiger partial charge is 0.392 e. The van der Waals surface area contributed by atoms with Crippen LogP contribution in [0.3, 0.4) is 0 Å². The van der Waals surface area contributed by atoms with Gasteiger partial charge in [0.25, 0.3) is 5.91 Å². The fourth-order valence-corrected chi connectivity index (χ4v) is 8.27. The number of hydrogen-bond donors (Lipinski definition) is 1. The van der Waals surface area contributed by atoms with Gasteiger partial charge in [-0.15, -0.1) is 11.3 Å². The zero-order chi connectivity index (χ0) is 31.8. The second-order valence-electron chi connectivity index (χ2n) is 12.8. The third kappa shape index (κ3) is 6.28. The van der Waals surface area contributed by atoms with Crippen LogP contribution in [0.1, 0.15) is 61.8 Å². The molecule has 45 heavy (non-hydrogen) atoms. The number of thiophene rings is 1. The number of aliphatic hydroxyl groups is 1. The third-order valence-corrected chi connectivity index (χ3v) is 10.7. The van der Waals surface area contributed by atoms with E-state index in [0.29, 0.717) is 36.2 Å². The first kappa shape index (κ1) is 31.4. The highest BCUT2D eigenvalue weighted by atomic mass is 32.1. The lowest BCUT2D eigenvalue weighted by Gasteiger charge is -2.32. The van der Waals surface area contributed by atoms with Crippen molar-refractivity contribution >= 4 is 40.1 Å². The monoisotopic (exact) mass is 631 g/mol. The predicted octanol–water partition coefficient (Wildman–Crippen LogP) is 4.92. The van der Waals surface area contributed by atoms with Crippen LogP contribution in [0.4, 0.5) is 15.8 Å². The van der Waals surface area contributed by atoms with Gasteiger partial charge in [0.2, 0.25) is 5.91 Å². The molecule has 238 valence electrons. The van der Waals surface area contributed by atoms with Gasteiger partial charge in [-0.1, -0.05) is 0 Å². The molecule has 1 aromatic carbocycles. The van der Waals surface area contributed by atoms with E-state index >= 15 is 4.39 Å². The fraction of sp³-hybridized carbons (Fsp3) is 0.457.